The van der Waals surface area contributed by atoms with Crippen molar-refractivity contribution in [2.45, 2.75) is 0 Å². The molecule has 0 aliphatic carbocycles. The van der Waals surface area contributed by atoms with Crippen molar-refractivity contribution in [1.29, 1.82) is 0 Å². The van der Waals surface area contributed by atoms with Crippen molar-refractivity contribution >= 4 is 38.3 Å². The Morgan fingerprint density at radius 3 is 2.68 bits per heavy atom. The lowest BCUT2D eigenvalue weighted by Crippen LogP contribution is -2.03. The summed E-state index contributed by atoms with van der Waals surface area (Å²) in [5.74, 6) is 0.234. The number of H-pyrrole nitrogens is 1. The molecule has 0 fully saturated rings. The second kappa shape index (κ2) is 4.53. The number of benzene rings is 3. The molecule has 0 saturated carbocycles. The molecule has 0 aliphatic rings. The SMILES string of the molecule is C=C(NC)c1cc2ccc3c4ccccc4[nH]c3c2cc1O. The van der Waals surface area contributed by atoms with Crippen LogP contribution in [0.2, 0.25) is 0 Å². The summed E-state index contributed by atoms with van der Waals surface area (Å²) in [7, 11) is 1.80. The van der Waals surface area contributed by atoms with Crippen LogP contribution in [0.5, 0.6) is 5.75 Å². The van der Waals surface area contributed by atoms with Gasteiger partial charge in [-0.1, -0.05) is 36.9 Å². The average Bonchev–Trinajstić information content (AvgIpc) is 2.92. The van der Waals surface area contributed by atoms with Crippen LogP contribution in [0.15, 0.2) is 55.1 Å². The highest BCUT2D eigenvalue weighted by molar-refractivity contribution is 6.17. The van der Waals surface area contributed by atoms with Crippen LogP contribution in [0.3, 0.4) is 0 Å². The van der Waals surface area contributed by atoms with Gasteiger partial charge in [0.05, 0.1) is 5.52 Å². The van der Waals surface area contributed by atoms with Gasteiger partial charge in [0.2, 0.25) is 0 Å². The predicted molar refractivity (Wildman–Crippen MR) is 93.1 cm³/mol. The van der Waals surface area contributed by atoms with E-state index in [0.717, 1.165) is 27.4 Å². The van der Waals surface area contributed by atoms with E-state index in [0.29, 0.717) is 5.70 Å². The highest BCUT2D eigenvalue weighted by Crippen LogP contribution is 2.35. The summed E-state index contributed by atoms with van der Waals surface area (Å²) in [6.07, 6.45) is 0. The lowest BCUT2D eigenvalue weighted by atomic mass is 10.0. The van der Waals surface area contributed by atoms with Gasteiger partial charge < -0.3 is 15.4 Å². The maximum absolute atomic E-state index is 10.3. The number of aromatic nitrogens is 1. The standard InChI is InChI=1S/C19H16N2O/c1-11(20-2)15-9-12-7-8-14-13-5-3-4-6-17(13)21-19(14)16(12)10-18(15)22/h3-10,20-22H,1H2,2H3. The first-order chi connectivity index (χ1) is 10.7. The van der Waals surface area contributed by atoms with Crippen LogP contribution in [0.1, 0.15) is 5.56 Å². The molecule has 0 saturated heterocycles. The van der Waals surface area contributed by atoms with E-state index in [1.807, 2.05) is 24.3 Å². The Balaban J connectivity index is 2.12. The number of aromatic hydroxyl groups is 1. The van der Waals surface area contributed by atoms with Crippen molar-refractivity contribution in [2.75, 3.05) is 7.05 Å². The summed E-state index contributed by atoms with van der Waals surface area (Å²) in [4.78, 5) is 3.46. The lowest BCUT2D eigenvalue weighted by molar-refractivity contribution is 0.474. The summed E-state index contributed by atoms with van der Waals surface area (Å²) in [5, 5.41) is 17.8. The van der Waals surface area contributed by atoms with Gasteiger partial charge in [-0.15, -0.1) is 0 Å². The Labute approximate surface area is 127 Å². The molecule has 4 aromatic rings. The maximum atomic E-state index is 10.3. The second-order valence-corrected chi connectivity index (χ2v) is 5.48. The normalized spacial score (nSPS) is 11.3. The molecule has 3 nitrogen and oxygen atoms in total. The third-order valence-corrected chi connectivity index (χ3v) is 4.24. The molecule has 3 heteroatoms. The van der Waals surface area contributed by atoms with Crippen molar-refractivity contribution in [1.82, 2.24) is 10.3 Å². The fourth-order valence-corrected chi connectivity index (χ4v) is 3.06. The Hall–Kier alpha value is -2.94. The Morgan fingerprint density at radius 1 is 1.05 bits per heavy atom. The molecule has 0 unspecified atom stereocenters. The number of nitrogens with one attached hydrogen (secondary N) is 2. The van der Waals surface area contributed by atoms with E-state index in [9.17, 15) is 5.11 Å². The van der Waals surface area contributed by atoms with Gasteiger partial charge in [-0.05, 0) is 23.6 Å². The first-order valence-corrected chi connectivity index (χ1v) is 7.22. The molecular formula is C19H16N2O. The minimum atomic E-state index is 0.234. The zero-order chi connectivity index (χ0) is 15.3. The summed E-state index contributed by atoms with van der Waals surface area (Å²) in [6.45, 7) is 3.93. The van der Waals surface area contributed by atoms with E-state index in [4.69, 9.17) is 0 Å². The summed E-state index contributed by atoms with van der Waals surface area (Å²) in [5.41, 5.74) is 3.59. The van der Waals surface area contributed by atoms with Crippen LogP contribution in [-0.4, -0.2) is 17.1 Å². The topological polar surface area (TPSA) is 48.0 Å². The molecule has 0 amide bonds. The third-order valence-electron chi connectivity index (χ3n) is 4.24. The second-order valence-electron chi connectivity index (χ2n) is 5.48. The molecule has 22 heavy (non-hydrogen) atoms. The lowest BCUT2D eigenvalue weighted by Gasteiger charge is -2.10. The molecule has 3 N–H and O–H groups in total. The minimum Gasteiger partial charge on any atom is -0.507 e. The number of rotatable bonds is 2. The van der Waals surface area contributed by atoms with E-state index < -0.39 is 0 Å². The van der Waals surface area contributed by atoms with Gasteiger partial charge >= 0.3 is 0 Å². The van der Waals surface area contributed by atoms with Crippen molar-refractivity contribution < 1.29 is 5.11 Å². The number of para-hydroxylation sites is 1. The number of hydrogen-bond donors (Lipinski definition) is 3. The van der Waals surface area contributed by atoms with Crippen LogP contribution >= 0.6 is 0 Å². The van der Waals surface area contributed by atoms with Crippen molar-refractivity contribution in [3.63, 3.8) is 0 Å². The van der Waals surface area contributed by atoms with E-state index in [1.54, 1.807) is 7.05 Å². The third kappa shape index (κ3) is 1.69. The van der Waals surface area contributed by atoms with Crippen molar-refractivity contribution in [3.05, 3.63) is 60.7 Å². The van der Waals surface area contributed by atoms with E-state index in [-0.39, 0.29) is 5.75 Å². The molecule has 108 valence electrons. The number of phenolic OH excluding ortho intramolecular Hbond substituents is 1. The van der Waals surface area contributed by atoms with Crippen molar-refractivity contribution in [2.24, 2.45) is 0 Å². The Bertz CT molecular complexity index is 1040. The molecule has 4 rings (SSSR count). The van der Waals surface area contributed by atoms with E-state index >= 15 is 0 Å². The van der Waals surface area contributed by atoms with E-state index in [1.165, 1.54) is 10.8 Å². The molecule has 0 aliphatic heterocycles. The van der Waals surface area contributed by atoms with Crippen LogP contribution in [0.4, 0.5) is 0 Å². The van der Waals surface area contributed by atoms with Gasteiger partial charge in [-0.25, -0.2) is 0 Å². The molecule has 1 aromatic heterocycles. The number of aromatic amines is 1. The van der Waals surface area contributed by atoms with Crippen LogP contribution in [0, 0.1) is 0 Å². The van der Waals surface area contributed by atoms with Gasteiger partial charge in [-0.2, -0.15) is 0 Å². The molecule has 0 radical (unpaired) electrons. The summed E-state index contributed by atoms with van der Waals surface area (Å²) in [6, 6.07) is 16.2. The zero-order valence-corrected chi connectivity index (χ0v) is 12.3. The van der Waals surface area contributed by atoms with Crippen molar-refractivity contribution in [3.8, 4) is 5.75 Å². The minimum absolute atomic E-state index is 0.234. The molecule has 0 spiro atoms. The fraction of sp³-hybridized carbons (Fsp3) is 0.0526. The van der Waals surface area contributed by atoms with E-state index in [2.05, 4.69) is 41.1 Å². The van der Waals surface area contributed by atoms with Gasteiger partial charge in [0, 0.05) is 40.0 Å². The van der Waals surface area contributed by atoms with Gasteiger partial charge in [0.25, 0.3) is 0 Å². The summed E-state index contributed by atoms with van der Waals surface area (Å²) >= 11 is 0. The number of phenols is 1. The Kier molecular flexibility index (Phi) is 2.63. The number of fused-ring (bicyclic) bond motifs is 5. The first kappa shape index (κ1) is 12.8. The predicted octanol–water partition coefficient (Wildman–Crippen LogP) is 4.37. The first-order valence-electron chi connectivity index (χ1n) is 7.22. The van der Waals surface area contributed by atoms with Gasteiger partial charge in [-0.3, -0.25) is 0 Å². The van der Waals surface area contributed by atoms with Gasteiger partial charge in [0.15, 0.2) is 0 Å². The average molecular weight is 288 g/mol. The molecule has 1 heterocycles. The molecular weight excluding hydrogens is 272 g/mol. The molecule has 3 aromatic carbocycles. The fourth-order valence-electron chi connectivity index (χ4n) is 3.06. The number of hydrogen-bond acceptors (Lipinski definition) is 2. The van der Waals surface area contributed by atoms with Gasteiger partial charge in [0.1, 0.15) is 5.75 Å². The molecule has 0 atom stereocenters. The smallest absolute Gasteiger partial charge is 0.125 e. The maximum Gasteiger partial charge on any atom is 0.125 e. The largest absolute Gasteiger partial charge is 0.507 e. The molecule has 0 bridgehead atoms. The Morgan fingerprint density at radius 2 is 1.86 bits per heavy atom. The van der Waals surface area contributed by atoms with Crippen LogP contribution in [-0.2, 0) is 0 Å². The summed E-state index contributed by atoms with van der Waals surface area (Å²) < 4.78 is 0. The quantitative estimate of drug-likeness (QED) is 0.513. The zero-order valence-electron chi connectivity index (χ0n) is 12.3. The van der Waals surface area contributed by atoms with Crippen LogP contribution < -0.4 is 5.32 Å². The highest BCUT2D eigenvalue weighted by Gasteiger charge is 2.11. The monoisotopic (exact) mass is 288 g/mol. The highest BCUT2D eigenvalue weighted by atomic mass is 16.3. The van der Waals surface area contributed by atoms with Crippen LogP contribution in [0.25, 0.3) is 38.3 Å².